The maximum Gasteiger partial charge on any atom is 0.296 e. The summed E-state index contributed by atoms with van der Waals surface area (Å²) in [4.78, 5) is 37.2. The lowest BCUT2D eigenvalue weighted by Crippen LogP contribution is -2.31. The molecule has 10 heteroatoms. The smallest absolute Gasteiger partial charge is 0.296 e. The van der Waals surface area contributed by atoms with Crippen LogP contribution in [-0.4, -0.2) is 40.5 Å². The quantitative estimate of drug-likeness (QED) is 0.433. The molecule has 1 unspecified atom stereocenters. The summed E-state index contributed by atoms with van der Waals surface area (Å²) in [6, 6.07) is 4.36. The van der Waals surface area contributed by atoms with E-state index < -0.39 is 23.5 Å². The molecular weight excluding hydrogens is 474 g/mol. The number of benzene rings is 1. The van der Waals surface area contributed by atoms with Crippen LogP contribution in [0.25, 0.3) is 0 Å². The summed E-state index contributed by atoms with van der Waals surface area (Å²) in [6.07, 6.45) is 1.57. The van der Waals surface area contributed by atoms with Crippen molar-refractivity contribution in [2.45, 2.75) is 33.7 Å². The molecule has 0 bridgehead atoms. The highest BCUT2D eigenvalue weighted by atomic mass is 32.1. The van der Waals surface area contributed by atoms with Gasteiger partial charge in [0.15, 0.2) is 22.4 Å². The number of ether oxygens (including phenoxy) is 2. The van der Waals surface area contributed by atoms with Gasteiger partial charge in [0.2, 0.25) is 5.78 Å². The van der Waals surface area contributed by atoms with Crippen LogP contribution in [0.1, 0.15) is 45.8 Å². The Morgan fingerprint density at radius 1 is 1.26 bits per heavy atom. The molecule has 1 amide bonds. The van der Waals surface area contributed by atoms with Gasteiger partial charge in [-0.15, -0.1) is 22.7 Å². The second kappa shape index (κ2) is 9.55. The second-order valence-electron chi connectivity index (χ2n) is 8.25. The lowest BCUT2D eigenvalue weighted by atomic mass is 9.95. The fourth-order valence-corrected chi connectivity index (χ4v) is 5.32. The zero-order valence-corrected chi connectivity index (χ0v) is 21.1. The maximum absolute atomic E-state index is 13.6. The second-order valence-corrected chi connectivity index (χ2v) is 10.3. The lowest BCUT2D eigenvalue weighted by Gasteiger charge is -2.25. The summed E-state index contributed by atoms with van der Waals surface area (Å²) in [7, 11) is 1.53. The SMILES string of the molecule is COc1cc(C2C(C(=O)c3sc(C)nc3C)=C(O)C(=O)N2c2nccs2)ccc1OCC(C)C. The number of methoxy groups -OCH3 is 1. The van der Waals surface area contributed by atoms with Crippen LogP contribution >= 0.6 is 22.7 Å². The van der Waals surface area contributed by atoms with E-state index in [0.717, 1.165) is 5.01 Å². The van der Waals surface area contributed by atoms with Crippen molar-refractivity contribution in [2.24, 2.45) is 5.92 Å². The third-order valence-electron chi connectivity index (χ3n) is 5.26. The number of aryl methyl sites for hydroxylation is 2. The van der Waals surface area contributed by atoms with Gasteiger partial charge >= 0.3 is 0 Å². The van der Waals surface area contributed by atoms with Crippen molar-refractivity contribution < 1.29 is 24.2 Å². The van der Waals surface area contributed by atoms with Gasteiger partial charge < -0.3 is 14.6 Å². The topological polar surface area (TPSA) is 102 Å². The molecule has 1 aliphatic rings. The van der Waals surface area contributed by atoms with Crippen molar-refractivity contribution >= 4 is 39.5 Å². The third kappa shape index (κ3) is 4.30. The van der Waals surface area contributed by atoms with Crippen molar-refractivity contribution in [3.8, 4) is 11.5 Å². The van der Waals surface area contributed by atoms with Crippen LogP contribution < -0.4 is 14.4 Å². The van der Waals surface area contributed by atoms with Crippen LogP contribution in [0, 0.1) is 19.8 Å². The van der Waals surface area contributed by atoms with Gasteiger partial charge in [0, 0.05) is 11.6 Å². The highest BCUT2D eigenvalue weighted by molar-refractivity contribution is 7.14. The van der Waals surface area contributed by atoms with Crippen molar-refractivity contribution in [3.05, 3.63) is 62.3 Å². The average Bonchev–Trinajstić information content (AvgIpc) is 3.51. The fraction of sp³-hybridized carbons (Fsp3) is 0.333. The zero-order chi connectivity index (χ0) is 24.6. The number of thiazole rings is 2. The number of nitrogens with zero attached hydrogens (tertiary/aromatic N) is 3. The third-order valence-corrected chi connectivity index (χ3v) is 7.11. The number of carbonyl (C=O) groups is 2. The molecule has 0 aliphatic carbocycles. The first kappa shape index (κ1) is 23.9. The molecule has 0 saturated carbocycles. The van der Waals surface area contributed by atoms with Crippen LogP contribution in [0.15, 0.2) is 41.1 Å². The van der Waals surface area contributed by atoms with Crippen LogP contribution in [0.2, 0.25) is 0 Å². The highest BCUT2D eigenvalue weighted by Gasteiger charge is 2.46. The Labute approximate surface area is 205 Å². The summed E-state index contributed by atoms with van der Waals surface area (Å²) in [5.74, 6) is -0.353. The molecule has 0 spiro atoms. The van der Waals surface area contributed by atoms with Crippen LogP contribution in [0.4, 0.5) is 5.13 Å². The summed E-state index contributed by atoms with van der Waals surface area (Å²) in [6.45, 7) is 8.15. The summed E-state index contributed by atoms with van der Waals surface area (Å²) < 4.78 is 11.4. The summed E-state index contributed by atoms with van der Waals surface area (Å²) >= 11 is 2.48. The lowest BCUT2D eigenvalue weighted by molar-refractivity contribution is -0.117. The molecule has 3 aromatic rings. The predicted molar refractivity (Wildman–Crippen MR) is 131 cm³/mol. The number of carbonyl (C=O) groups excluding carboxylic acids is 2. The van der Waals surface area contributed by atoms with Crippen LogP contribution in [0.3, 0.4) is 0 Å². The molecule has 1 N–H and O–H groups in total. The molecule has 1 atom stereocenters. The Balaban J connectivity index is 1.84. The molecule has 8 nitrogen and oxygen atoms in total. The van der Waals surface area contributed by atoms with Gasteiger partial charge in [-0.1, -0.05) is 19.9 Å². The largest absolute Gasteiger partial charge is 0.503 e. The van der Waals surface area contributed by atoms with E-state index in [-0.39, 0.29) is 5.57 Å². The molecule has 2 aromatic heterocycles. The van der Waals surface area contributed by atoms with E-state index >= 15 is 0 Å². The molecule has 178 valence electrons. The van der Waals surface area contributed by atoms with E-state index in [9.17, 15) is 14.7 Å². The summed E-state index contributed by atoms with van der Waals surface area (Å²) in [5, 5.41) is 13.7. The number of aromatic nitrogens is 2. The molecule has 1 aliphatic heterocycles. The molecule has 0 saturated heterocycles. The van der Waals surface area contributed by atoms with Gasteiger partial charge in [-0.3, -0.25) is 14.5 Å². The standard InChI is InChI=1S/C24H25N3O5S2/c1-12(2)11-32-16-7-6-15(10-17(16)31-5)19-18(20(28)22-13(3)26-14(4)34-22)21(29)23(30)27(19)24-25-8-9-33-24/h6-10,12,19,29H,11H2,1-5H3. The minimum atomic E-state index is -0.888. The minimum absolute atomic E-state index is 0.00940. The number of rotatable bonds is 8. The van der Waals surface area contributed by atoms with Crippen molar-refractivity contribution in [1.82, 2.24) is 9.97 Å². The predicted octanol–water partition coefficient (Wildman–Crippen LogP) is 5.04. The molecule has 4 rings (SSSR count). The number of amides is 1. The monoisotopic (exact) mass is 499 g/mol. The van der Waals surface area contributed by atoms with Crippen LogP contribution in [-0.2, 0) is 4.79 Å². The van der Waals surface area contributed by atoms with E-state index in [1.807, 2.05) is 20.8 Å². The first-order valence-corrected chi connectivity index (χ1v) is 12.4. The highest BCUT2D eigenvalue weighted by Crippen LogP contribution is 2.45. The molecule has 3 heterocycles. The van der Waals surface area contributed by atoms with Gasteiger partial charge in [0.1, 0.15) is 0 Å². The molecule has 34 heavy (non-hydrogen) atoms. The van der Waals surface area contributed by atoms with Gasteiger partial charge in [-0.05, 0) is 37.5 Å². The average molecular weight is 500 g/mol. The maximum atomic E-state index is 13.6. The van der Waals surface area contributed by atoms with Gasteiger partial charge in [-0.25, -0.2) is 9.97 Å². The number of aliphatic hydroxyl groups excluding tert-OH is 1. The van der Waals surface area contributed by atoms with Crippen molar-refractivity contribution in [3.63, 3.8) is 0 Å². The van der Waals surface area contributed by atoms with E-state index in [1.165, 1.54) is 34.7 Å². The Hall–Kier alpha value is -3.24. The Bertz CT molecular complexity index is 1260. The first-order valence-electron chi connectivity index (χ1n) is 10.7. The number of hydrogen-bond donors (Lipinski definition) is 1. The zero-order valence-electron chi connectivity index (χ0n) is 19.5. The molecular formula is C24H25N3O5S2. The normalized spacial score (nSPS) is 16.0. The number of ketones is 1. The van der Waals surface area contributed by atoms with E-state index in [0.29, 0.717) is 45.3 Å². The van der Waals surface area contributed by atoms with E-state index in [2.05, 4.69) is 9.97 Å². The Morgan fingerprint density at radius 3 is 2.62 bits per heavy atom. The van der Waals surface area contributed by atoms with E-state index in [1.54, 1.807) is 36.7 Å². The first-order chi connectivity index (χ1) is 16.2. The number of anilines is 1. The van der Waals surface area contributed by atoms with Gasteiger partial charge in [-0.2, -0.15) is 0 Å². The molecule has 1 aromatic carbocycles. The van der Waals surface area contributed by atoms with Crippen molar-refractivity contribution in [1.29, 1.82) is 0 Å². The molecule has 0 radical (unpaired) electrons. The van der Waals surface area contributed by atoms with E-state index in [4.69, 9.17) is 9.47 Å². The number of aliphatic hydroxyl groups is 1. The Kier molecular flexibility index (Phi) is 6.72. The fourth-order valence-electron chi connectivity index (χ4n) is 3.78. The number of hydrogen-bond acceptors (Lipinski definition) is 9. The van der Waals surface area contributed by atoms with Gasteiger partial charge in [0.05, 0.1) is 40.9 Å². The minimum Gasteiger partial charge on any atom is -0.503 e. The molecule has 0 fully saturated rings. The van der Waals surface area contributed by atoms with Gasteiger partial charge in [0.25, 0.3) is 5.91 Å². The Morgan fingerprint density at radius 2 is 2.03 bits per heavy atom. The summed E-state index contributed by atoms with van der Waals surface area (Å²) in [5.41, 5.74) is 1.13. The van der Waals surface area contributed by atoms with Crippen molar-refractivity contribution in [2.75, 3.05) is 18.6 Å². The number of Topliss-reactive ketones (excluding diaryl/α,β-unsaturated/α-hetero) is 1. The van der Waals surface area contributed by atoms with Crippen LogP contribution in [0.5, 0.6) is 11.5 Å².